The topological polar surface area (TPSA) is 33.1 Å². The maximum Gasteiger partial charge on any atom is 0.114 e. The van der Waals surface area contributed by atoms with Gasteiger partial charge in [-0.05, 0) is 38.1 Å². The van der Waals surface area contributed by atoms with Gasteiger partial charge in [-0.1, -0.05) is 12.2 Å². The molecule has 1 fully saturated rings. The van der Waals surface area contributed by atoms with E-state index in [1.54, 1.807) is 0 Å². The summed E-state index contributed by atoms with van der Waals surface area (Å²) in [6.07, 6.45) is 12.1. The van der Waals surface area contributed by atoms with Gasteiger partial charge in [0, 0.05) is 44.5 Å². The van der Waals surface area contributed by atoms with Crippen LogP contribution >= 0.6 is 0 Å². The third-order valence-electron chi connectivity index (χ3n) is 4.81. The van der Waals surface area contributed by atoms with E-state index in [0.717, 1.165) is 25.6 Å². The predicted octanol–water partition coefficient (Wildman–Crippen LogP) is 2.28. The largest absolute Gasteiger partial charge is 0.315 e. The van der Waals surface area contributed by atoms with Crippen molar-refractivity contribution >= 4 is 0 Å². The second-order valence-corrected chi connectivity index (χ2v) is 6.75. The van der Waals surface area contributed by atoms with E-state index < -0.39 is 6.17 Å². The zero-order valence-electron chi connectivity index (χ0n) is 13.4. The number of hydrogen-bond acceptors (Lipinski definition) is 3. The first-order valence-electron chi connectivity index (χ1n) is 8.42. The van der Waals surface area contributed by atoms with E-state index in [2.05, 4.69) is 27.5 Å². The average molecular weight is 306 g/mol. The number of halogens is 1. The van der Waals surface area contributed by atoms with E-state index in [1.165, 1.54) is 24.8 Å². The van der Waals surface area contributed by atoms with Crippen LogP contribution in [-0.2, 0) is 13.6 Å². The molecule has 2 heterocycles. The van der Waals surface area contributed by atoms with Crippen LogP contribution in [0.1, 0.15) is 31.2 Å². The Labute approximate surface area is 132 Å². The van der Waals surface area contributed by atoms with Gasteiger partial charge in [0.1, 0.15) is 6.17 Å². The number of likely N-dealkylation sites (tertiary alicyclic amines) is 1. The maximum atomic E-state index is 13.8. The molecule has 122 valence electrons. The summed E-state index contributed by atoms with van der Waals surface area (Å²) < 4.78 is 15.6. The minimum Gasteiger partial charge on any atom is -0.315 e. The molecule has 1 aromatic rings. The zero-order valence-corrected chi connectivity index (χ0v) is 13.4. The molecule has 0 amide bonds. The Morgan fingerprint density at radius 3 is 3.00 bits per heavy atom. The summed E-state index contributed by atoms with van der Waals surface area (Å²) in [5.74, 6) is 0.749. The van der Waals surface area contributed by atoms with Gasteiger partial charge in [-0.3, -0.25) is 9.58 Å². The van der Waals surface area contributed by atoms with E-state index in [-0.39, 0.29) is 0 Å². The molecule has 0 saturated carbocycles. The predicted molar refractivity (Wildman–Crippen MR) is 86.3 cm³/mol. The number of nitrogens with one attached hydrogen (secondary N) is 1. The molecule has 0 aromatic carbocycles. The fourth-order valence-corrected chi connectivity index (χ4v) is 3.61. The smallest absolute Gasteiger partial charge is 0.114 e. The minimum atomic E-state index is -0.693. The van der Waals surface area contributed by atoms with Crippen molar-refractivity contribution < 1.29 is 4.39 Å². The van der Waals surface area contributed by atoms with Gasteiger partial charge in [0.15, 0.2) is 0 Å². The first-order valence-corrected chi connectivity index (χ1v) is 8.42. The molecule has 1 N–H and O–H groups in total. The van der Waals surface area contributed by atoms with E-state index in [1.807, 2.05) is 24.1 Å². The van der Waals surface area contributed by atoms with E-state index in [9.17, 15) is 4.39 Å². The molecule has 1 aromatic heterocycles. The first-order chi connectivity index (χ1) is 10.7. The summed E-state index contributed by atoms with van der Waals surface area (Å²) in [6, 6.07) is 0.300. The third kappa shape index (κ3) is 4.17. The fourth-order valence-electron chi connectivity index (χ4n) is 3.61. The maximum absolute atomic E-state index is 13.8. The second kappa shape index (κ2) is 7.38. The summed E-state index contributed by atoms with van der Waals surface area (Å²) in [6.45, 7) is 3.29. The summed E-state index contributed by atoms with van der Waals surface area (Å²) in [4.78, 5) is 2.26. The van der Waals surface area contributed by atoms with Gasteiger partial charge in [-0.2, -0.15) is 5.10 Å². The number of allylic oxidation sites excluding steroid dienone is 2. The molecule has 1 saturated heterocycles. The number of aromatic nitrogens is 2. The van der Waals surface area contributed by atoms with Crippen LogP contribution in [0, 0.1) is 5.92 Å². The molecule has 0 spiro atoms. The van der Waals surface area contributed by atoms with Crippen LogP contribution in [0.3, 0.4) is 0 Å². The molecule has 0 bridgehead atoms. The monoisotopic (exact) mass is 306 g/mol. The second-order valence-electron chi connectivity index (χ2n) is 6.75. The van der Waals surface area contributed by atoms with Crippen molar-refractivity contribution in [1.29, 1.82) is 0 Å². The molecular formula is C17H27FN4. The molecule has 1 aliphatic heterocycles. The lowest BCUT2D eigenvalue weighted by Gasteiger charge is -2.25. The first kappa shape index (κ1) is 15.7. The summed E-state index contributed by atoms with van der Waals surface area (Å²) in [5, 5.41) is 7.78. The molecule has 4 nitrogen and oxygen atoms in total. The van der Waals surface area contributed by atoms with Crippen LogP contribution in [0.15, 0.2) is 24.5 Å². The van der Waals surface area contributed by atoms with Crippen LogP contribution < -0.4 is 5.32 Å². The van der Waals surface area contributed by atoms with Gasteiger partial charge in [0.25, 0.3) is 0 Å². The quantitative estimate of drug-likeness (QED) is 0.819. The molecule has 3 rings (SSSR count). The molecule has 2 aliphatic rings. The Balaban J connectivity index is 1.46. The zero-order chi connectivity index (χ0) is 15.4. The van der Waals surface area contributed by atoms with Crippen molar-refractivity contribution in [2.45, 2.75) is 44.4 Å². The Morgan fingerprint density at radius 1 is 1.36 bits per heavy atom. The molecule has 5 heteroatoms. The number of hydrogen-bond donors (Lipinski definition) is 1. The van der Waals surface area contributed by atoms with Gasteiger partial charge >= 0.3 is 0 Å². The molecule has 22 heavy (non-hydrogen) atoms. The van der Waals surface area contributed by atoms with Crippen LogP contribution in [0.4, 0.5) is 4.39 Å². The van der Waals surface area contributed by atoms with Crippen molar-refractivity contribution in [3.63, 3.8) is 0 Å². The molecule has 1 aliphatic carbocycles. The molecule has 1 unspecified atom stereocenters. The lowest BCUT2D eigenvalue weighted by molar-refractivity contribution is 0.228. The van der Waals surface area contributed by atoms with Crippen LogP contribution in [0.25, 0.3) is 0 Å². The van der Waals surface area contributed by atoms with Crippen molar-refractivity contribution in [3.8, 4) is 0 Å². The molecular weight excluding hydrogens is 279 g/mol. The minimum absolute atomic E-state index is 0.300. The highest BCUT2D eigenvalue weighted by Gasteiger charge is 2.31. The van der Waals surface area contributed by atoms with Crippen molar-refractivity contribution in [1.82, 2.24) is 20.0 Å². The highest BCUT2D eigenvalue weighted by molar-refractivity contribution is 5.05. The SMILES string of the molecule is Cn1cc(CN2C[C@@H](F)C[C@H]2CNCC2CC=CCC2)cn1. The highest BCUT2D eigenvalue weighted by atomic mass is 19.1. The Bertz CT molecular complexity index is 499. The summed E-state index contributed by atoms with van der Waals surface area (Å²) >= 11 is 0. The standard InChI is InChI=1S/C17H27FN4/c1-21-11-15(9-20-21)12-22-13-16(18)7-17(22)10-19-8-14-5-3-2-4-6-14/h2-3,9,11,14,16-17,19H,4-8,10,12-13H2,1H3/t14?,16-,17-/m0/s1. The van der Waals surface area contributed by atoms with Crippen LogP contribution in [0.5, 0.6) is 0 Å². The fraction of sp³-hybridized carbons (Fsp3) is 0.706. The molecule has 0 radical (unpaired) electrons. The van der Waals surface area contributed by atoms with Gasteiger partial charge < -0.3 is 5.32 Å². The van der Waals surface area contributed by atoms with Gasteiger partial charge in [-0.25, -0.2) is 4.39 Å². The summed E-state index contributed by atoms with van der Waals surface area (Å²) in [5.41, 5.74) is 1.17. The lowest BCUT2D eigenvalue weighted by atomic mass is 9.94. The van der Waals surface area contributed by atoms with Gasteiger partial charge in [0.05, 0.1) is 6.20 Å². The number of aryl methyl sites for hydroxylation is 1. The Hall–Kier alpha value is -1.20. The lowest BCUT2D eigenvalue weighted by Crippen LogP contribution is -2.39. The Morgan fingerprint density at radius 2 is 2.27 bits per heavy atom. The van der Waals surface area contributed by atoms with E-state index in [4.69, 9.17) is 0 Å². The highest BCUT2D eigenvalue weighted by Crippen LogP contribution is 2.23. The van der Waals surface area contributed by atoms with Crippen molar-refractivity contribution in [3.05, 3.63) is 30.1 Å². The van der Waals surface area contributed by atoms with Gasteiger partial charge in [-0.15, -0.1) is 0 Å². The van der Waals surface area contributed by atoms with Crippen LogP contribution in [-0.4, -0.2) is 46.5 Å². The van der Waals surface area contributed by atoms with Crippen molar-refractivity contribution in [2.75, 3.05) is 19.6 Å². The number of alkyl halides is 1. The number of nitrogens with zero attached hydrogens (tertiary/aromatic N) is 3. The Kier molecular flexibility index (Phi) is 5.26. The normalized spacial score (nSPS) is 29.3. The number of rotatable bonds is 6. The third-order valence-corrected chi connectivity index (χ3v) is 4.81. The van der Waals surface area contributed by atoms with Gasteiger partial charge in [0.2, 0.25) is 0 Å². The van der Waals surface area contributed by atoms with Crippen molar-refractivity contribution in [2.24, 2.45) is 13.0 Å². The van der Waals surface area contributed by atoms with Crippen LogP contribution in [0.2, 0.25) is 0 Å². The van der Waals surface area contributed by atoms with E-state index in [0.29, 0.717) is 19.0 Å². The molecule has 3 atom stereocenters. The average Bonchev–Trinajstić information content (AvgIpc) is 3.07. The summed E-state index contributed by atoms with van der Waals surface area (Å²) in [7, 11) is 1.92. The van der Waals surface area contributed by atoms with E-state index >= 15 is 0 Å².